The van der Waals surface area contributed by atoms with Crippen molar-refractivity contribution in [2.45, 2.75) is 27.7 Å². The zero-order valence-corrected chi connectivity index (χ0v) is 7.53. The van der Waals surface area contributed by atoms with Gasteiger partial charge in [-0.15, -0.1) is 0 Å². The van der Waals surface area contributed by atoms with E-state index >= 15 is 0 Å². The maximum Gasteiger partial charge on any atom is 0.227 e. The lowest BCUT2D eigenvalue weighted by atomic mass is 10.8. The van der Waals surface area contributed by atoms with E-state index < -0.39 is 0 Å². The van der Waals surface area contributed by atoms with Crippen LogP contribution in [0, 0.1) is 0 Å². The van der Waals surface area contributed by atoms with Gasteiger partial charge in [0, 0.05) is 1.43 Å². The lowest BCUT2D eigenvalue weighted by Crippen LogP contribution is -2.10. The summed E-state index contributed by atoms with van der Waals surface area (Å²) in [6, 6.07) is 0. The molecular weight excluding hydrogens is 134 g/mol. The molecule has 0 bridgehead atoms. The van der Waals surface area contributed by atoms with Crippen LogP contribution in [0.1, 0.15) is 29.1 Å². The fourth-order valence-electron chi connectivity index (χ4n) is 0. The molecule has 2 N–H and O–H groups in total. The van der Waals surface area contributed by atoms with Crippen LogP contribution in [-0.4, -0.2) is 11.7 Å². The molecule has 0 saturated carbocycles. The first kappa shape index (κ1) is 15.9. The third-order valence-corrected chi connectivity index (χ3v) is 0.468. The highest BCUT2D eigenvalue weighted by Crippen LogP contribution is 1.63. The Balaban J connectivity index is -0.0000000315. The Kier molecular flexibility index (Phi) is 44.1. The standard InChI is InChI=1S/C2H5NOS.2C2H6.H2/c3-2(4)1-5;2*1-2;/h5H,1H2,(H2,3,4);2*1-2H3;1H. The van der Waals surface area contributed by atoms with Crippen LogP contribution in [0.15, 0.2) is 0 Å². The van der Waals surface area contributed by atoms with Crippen LogP contribution in [0.3, 0.4) is 0 Å². The summed E-state index contributed by atoms with van der Waals surface area (Å²) in [5, 5.41) is 0. The van der Waals surface area contributed by atoms with E-state index in [1.54, 1.807) is 0 Å². The minimum atomic E-state index is -0.381. The molecule has 1 amide bonds. The van der Waals surface area contributed by atoms with Crippen molar-refractivity contribution in [3.8, 4) is 0 Å². The Morgan fingerprint density at radius 2 is 1.56 bits per heavy atom. The smallest absolute Gasteiger partial charge is 0.227 e. The van der Waals surface area contributed by atoms with Gasteiger partial charge in [-0.25, -0.2) is 0 Å². The first-order valence-corrected chi connectivity index (χ1v) is 3.80. The molecule has 0 rings (SSSR count). The summed E-state index contributed by atoms with van der Waals surface area (Å²) in [7, 11) is 0. The molecule has 0 spiro atoms. The summed E-state index contributed by atoms with van der Waals surface area (Å²) in [5.41, 5.74) is 4.58. The van der Waals surface area contributed by atoms with Crippen LogP contribution >= 0.6 is 12.6 Å². The van der Waals surface area contributed by atoms with E-state index in [4.69, 9.17) is 0 Å². The van der Waals surface area contributed by atoms with Gasteiger partial charge in [0.05, 0.1) is 5.75 Å². The highest BCUT2D eigenvalue weighted by Gasteiger charge is 1.78. The number of rotatable bonds is 1. The van der Waals surface area contributed by atoms with Gasteiger partial charge in [-0.1, -0.05) is 27.7 Å². The van der Waals surface area contributed by atoms with E-state index in [-0.39, 0.29) is 13.1 Å². The Labute approximate surface area is 64.7 Å². The molecule has 0 unspecified atom stereocenters. The molecule has 0 heterocycles. The summed E-state index contributed by atoms with van der Waals surface area (Å²) in [4.78, 5) is 9.51. The van der Waals surface area contributed by atoms with Gasteiger partial charge in [-0.05, 0) is 0 Å². The summed E-state index contributed by atoms with van der Waals surface area (Å²) in [5.74, 6) is -0.242. The predicted octanol–water partition coefficient (Wildman–Crippen LogP) is 1.70. The molecule has 3 heteroatoms. The Morgan fingerprint density at radius 3 is 1.56 bits per heavy atom. The van der Waals surface area contributed by atoms with Gasteiger partial charge in [-0.3, -0.25) is 4.79 Å². The molecule has 0 aliphatic heterocycles. The Bertz CT molecular complexity index is 53.0. The number of hydrogen-bond donors (Lipinski definition) is 2. The van der Waals surface area contributed by atoms with Crippen LogP contribution in [0.4, 0.5) is 0 Å². The lowest BCUT2D eigenvalue weighted by molar-refractivity contribution is -0.115. The van der Waals surface area contributed by atoms with Crippen LogP contribution in [-0.2, 0) is 4.79 Å². The number of carbonyl (C=O) groups is 1. The minimum Gasteiger partial charge on any atom is -0.369 e. The van der Waals surface area contributed by atoms with E-state index in [2.05, 4.69) is 18.4 Å². The molecule has 9 heavy (non-hydrogen) atoms. The third-order valence-electron chi connectivity index (χ3n) is 0.156. The SMILES string of the molecule is CC.CC.NC(=O)CS.[HH]. The first-order valence-electron chi connectivity index (χ1n) is 3.16. The second kappa shape index (κ2) is 24.9. The van der Waals surface area contributed by atoms with Crippen molar-refractivity contribution >= 4 is 18.5 Å². The molecular formula is C6H19NOS. The number of nitrogens with two attached hydrogens (primary N) is 1. The van der Waals surface area contributed by atoms with Crippen molar-refractivity contribution in [2.75, 3.05) is 5.75 Å². The first-order chi connectivity index (χ1) is 4.27. The van der Waals surface area contributed by atoms with Crippen molar-refractivity contribution in [3.63, 3.8) is 0 Å². The summed E-state index contributed by atoms with van der Waals surface area (Å²) in [6.45, 7) is 8.00. The minimum absolute atomic E-state index is 0. The average molecular weight is 153 g/mol. The molecule has 0 saturated heterocycles. The predicted molar refractivity (Wildman–Crippen MR) is 47.9 cm³/mol. The summed E-state index contributed by atoms with van der Waals surface area (Å²) in [6.07, 6.45) is 0. The molecule has 0 aromatic rings. The lowest BCUT2D eigenvalue weighted by Gasteiger charge is -1.72. The molecule has 0 aromatic carbocycles. The Hall–Kier alpha value is -0.180. The zero-order chi connectivity index (χ0) is 8.28. The number of hydrogen-bond acceptors (Lipinski definition) is 2. The molecule has 0 aliphatic rings. The van der Waals surface area contributed by atoms with E-state index in [0.717, 1.165) is 0 Å². The highest BCUT2D eigenvalue weighted by atomic mass is 32.1. The van der Waals surface area contributed by atoms with Crippen molar-refractivity contribution < 1.29 is 6.22 Å². The van der Waals surface area contributed by atoms with Gasteiger partial charge in [-0.2, -0.15) is 12.6 Å². The average Bonchev–Trinajstić information content (AvgIpc) is 1.97. The van der Waals surface area contributed by atoms with Crippen LogP contribution in [0.2, 0.25) is 0 Å². The second-order valence-electron chi connectivity index (χ2n) is 0.624. The fourth-order valence-corrected chi connectivity index (χ4v) is 0. The maximum absolute atomic E-state index is 9.51. The third kappa shape index (κ3) is 80.0. The topological polar surface area (TPSA) is 43.1 Å². The molecule has 0 radical (unpaired) electrons. The molecule has 0 aromatic heterocycles. The highest BCUT2D eigenvalue weighted by molar-refractivity contribution is 7.81. The number of primary amides is 1. The van der Waals surface area contributed by atoms with E-state index in [9.17, 15) is 4.79 Å². The van der Waals surface area contributed by atoms with E-state index in [0.29, 0.717) is 0 Å². The van der Waals surface area contributed by atoms with Gasteiger partial charge in [0.1, 0.15) is 0 Å². The summed E-state index contributed by atoms with van der Waals surface area (Å²) < 4.78 is 0. The van der Waals surface area contributed by atoms with Gasteiger partial charge >= 0.3 is 0 Å². The maximum atomic E-state index is 9.51. The van der Waals surface area contributed by atoms with Gasteiger partial charge in [0.25, 0.3) is 0 Å². The number of thiol groups is 1. The van der Waals surface area contributed by atoms with Crippen LogP contribution < -0.4 is 5.73 Å². The van der Waals surface area contributed by atoms with E-state index in [1.807, 2.05) is 27.7 Å². The van der Waals surface area contributed by atoms with Crippen LogP contribution in [0.25, 0.3) is 0 Å². The van der Waals surface area contributed by atoms with Gasteiger partial charge in [0.2, 0.25) is 5.91 Å². The molecule has 2 nitrogen and oxygen atoms in total. The van der Waals surface area contributed by atoms with E-state index in [1.165, 1.54) is 0 Å². The van der Waals surface area contributed by atoms with Crippen molar-refractivity contribution in [2.24, 2.45) is 5.73 Å². The number of amides is 1. The van der Waals surface area contributed by atoms with Crippen molar-refractivity contribution in [3.05, 3.63) is 0 Å². The second-order valence-corrected chi connectivity index (χ2v) is 0.941. The monoisotopic (exact) mass is 153 g/mol. The van der Waals surface area contributed by atoms with Crippen molar-refractivity contribution in [1.82, 2.24) is 0 Å². The summed E-state index contributed by atoms with van der Waals surface area (Å²) >= 11 is 3.54. The number of carbonyl (C=O) groups excluding carboxylic acids is 1. The zero-order valence-electron chi connectivity index (χ0n) is 6.64. The largest absolute Gasteiger partial charge is 0.369 e. The molecule has 0 atom stereocenters. The van der Waals surface area contributed by atoms with Crippen molar-refractivity contribution in [1.29, 1.82) is 0 Å². The fraction of sp³-hybridized carbons (Fsp3) is 0.833. The molecule has 0 aliphatic carbocycles. The van der Waals surface area contributed by atoms with Crippen LogP contribution in [0.5, 0.6) is 0 Å². The van der Waals surface area contributed by atoms with Gasteiger partial charge < -0.3 is 5.73 Å². The molecule has 0 fully saturated rings. The van der Waals surface area contributed by atoms with Gasteiger partial charge in [0.15, 0.2) is 0 Å². The molecule has 60 valence electrons. The Morgan fingerprint density at radius 1 is 1.44 bits per heavy atom. The quantitative estimate of drug-likeness (QED) is 0.553. The normalized spacial score (nSPS) is 5.44.